The molecule has 0 unspecified atom stereocenters. The zero-order valence-electron chi connectivity index (χ0n) is 15.3. The molecule has 4 N–H and O–H groups in total. The molecule has 1 fully saturated rings. The summed E-state index contributed by atoms with van der Waals surface area (Å²) in [5, 5.41) is 9.15. The number of likely N-dealkylation sites (tertiary alicyclic amines) is 1. The van der Waals surface area contributed by atoms with Crippen LogP contribution in [0, 0.1) is 0 Å². The molecular formula is C20H22N4O3S. The van der Waals surface area contributed by atoms with Crippen LogP contribution in [0.25, 0.3) is 10.9 Å². The molecule has 146 valence electrons. The van der Waals surface area contributed by atoms with Crippen LogP contribution in [-0.4, -0.2) is 37.4 Å². The normalized spacial score (nSPS) is 15.7. The van der Waals surface area contributed by atoms with Crippen LogP contribution < -0.4 is 10.5 Å². The molecule has 4 rings (SSSR count). The highest BCUT2D eigenvalue weighted by atomic mass is 32.2. The van der Waals surface area contributed by atoms with Crippen LogP contribution in [0.1, 0.15) is 24.3 Å². The Kier molecular flexibility index (Phi) is 4.82. The van der Waals surface area contributed by atoms with Crippen LogP contribution in [0.3, 0.4) is 0 Å². The first-order valence-corrected chi connectivity index (χ1v) is 10.7. The Morgan fingerprint density at radius 1 is 1.07 bits per heavy atom. The van der Waals surface area contributed by atoms with Crippen molar-refractivity contribution in [2.75, 3.05) is 18.4 Å². The molecular weight excluding hydrogens is 376 g/mol. The number of nitrogens with two attached hydrogens (primary N) is 1. The molecule has 0 spiro atoms. The second-order valence-electron chi connectivity index (χ2n) is 7.05. The van der Waals surface area contributed by atoms with Crippen LogP contribution in [0.4, 0.5) is 10.5 Å². The molecule has 3 aromatic rings. The fourth-order valence-electron chi connectivity index (χ4n) is 3.76. The Hall–Kier alpha value is -2.84. The summed E-state index contributed by atoms with van der Waals surface area (Å²) in [5.74, 6) is 0.425. The maximum Gasteiger partial charge on any atom is 0.321 e. The first kappa shape index (κ1) is 18.5. The maximum absolute atomic E-state index is 12.5. The van der Waals surface area contributed by atoms with Gasteiger partial charge in [0.2, 0.25) is 10.0 Å². The lowest BCUT2D eigenvalue weighted by Gasteiger charge is -2.32. The fraction of sp³-hybridized carbons (Fsp3) is 0.250. The number of hydrogen-bond donors (Lipinski definition) is 3. The zero-order valence-corrected chi connectivity index (χ0v) is 16.1. The number of aromatic nitrogens is 1. The van der Waals surface area contributed by atoms with Gasteiger partial charge in [0.1, 0.15) is 0 Å². The van der Waals surface area contributed by atoms with Gasteiger partial charge in [0.15, 0.2) is 0 Å². The maximum atomic E-state index is 12.5. The van der Waals surface area contributed by atoms with Crippen LogP contribution in [0.5, 0.6) is 0 Å². The van der Waals surface area contributed by atoms with E-state index in [0.29, 0.717) is 24.7 Å². The van der Waals surface area contributed by atoms with Gasteiger partial charge >= 0.3 is 6.03 Å². The van der Waals surface area contributed by atoms with E-state index in [-0.39, 0.29) is 10.9 Å². The first-order chi connectivity index (χ1) is 13.4. The standard InChI is InChI=1S/C20H22N4O3S/c21-28(26,27)16-7-5-15(6-8-16)23-20(25)24-11-9-14(10-12-24)18-13-22-19-4-2-1-3-17(18)19/h1-8,13-14,22H,9-12H2,(H,23,25)(H2,21,26,27). The van der Waals surface area contributed by atoms with Gasteiger partial charge in [-0.25, -0.2) is 18.4 Å². The molecule has 0 radical (unpaired) electrons. The Morgan fingerprint density at radius 3 is 2.43 bits per heavy atom. The molecule has 0 atom stereocenters. The number of para-hydroxylation sites is 1. The number of fused-ring (bicyclic) bond motifs is 1. The molecule has 0 aliphatic carbocycles. The van der Waals surface area contributed by atoms with Crippen molar-refractivity contribution >= 4 is 32.6 Å². The predicted molar refractivity (Wildman–Crippen MR) is 109 cm³/mol. The monoisotopic (exact) mass is 398 g/mol. The number of rotatable bonds is 3. The lowest BCUT2D eigenvalue weighted by Crippen LogP contribution is -2.40. The quantitative estimate of drug-likeness (QED) is 0.630. The number of nitrogens with zero attached hydrogens (tertiary/aromatic N) is 1. The van der Waals surface area contributed by atoms with E-state index in [1.807, 2.05) is 12.1 Å². The highest BCUT2D eigenvalue weighted by molar-refractivity contribution is 7.89. The van der Waals surface area contributed by atoms with Crippen LogP contribution in [-0.2, 0) is 10.0 Å². The molecule has 1 saturated heterocycles. The van der Waals surface area contributed by atoms with Crippen molar-refractivity contribution < 1.29 is 13.2 Å². The summed E-state index contributed by atoms with van der Waals surface area (Å²) in [5.41, 5.74) is 2.99. The number of nitrogens with one attached hydrogen (secondary N) is 2. The van der Waals surface area contributed by atoms with Gasteiger partial charge < -0.3 is 15.2 Å². The molecule has 7 nitrogen and oxygen atoms in total. The van der Waals surface area contributed by atoms with E-state index in [2.05, 4.69) is 28.6 Å². The molecule has 0 bridgehead atoms. The van der Waals surface area contributed by atoms with E-state index < -0.39 is 10.0 Å². The minimum Gasteiger partial charge on any atom is -0.361 e. The number of H-pyrrole nitrogens is 1. The van der Waals surface area contributed by atoms with Gasteiger partial charge in [0.25, 0.3) is 0 Å². The van der Waals surface area contributed by atoms with Gasteiger partial charge in [0.05, 0.1) is 4.90 Å². The molecule has 28 heavy (non-hydrogen) atoms. The smallest absolute Gasteiger partial charge is 0.321 e. The molecule has 1 aliphatic heterocycles. The molecule has 2 amide bonds. The Morgan fingerprint density at radius 2 is 1.75 bits per heavy atom. The van der Waals surface area contributed by atoms with Crippen molar-refractivity contribution in [1.82, 2.24) is 9.88 Å². The SMILES string of the molecule is NS(=O)(=O)c1ccc(NC(=O)N2CCC(c3c[nH]c4ccccc34)CC2)cc1. The highest BCUT2D eigenvalue weighted by Gasteiger charge is 2.25. The minimum atomic E-state index is -3.74. The van der Waals surface area contributed by atoms with Gasteiger partial charge in [-0.1, -0.05) is 18.2 Å². The van der Waals surface area contributed by atoms with Crippen LogP contribution in [0.15, 0.2) is 59.6 Å². The van der Waals surface area contributed by atoms with Crippen molar-refractivity contribution in [2.45, 2.75) is 23.7 Å². The number of carbonyl (C=O) groups is 1. The number of amides is 2. The third kappa shape index (κ3) is 3.74. The Balaban J connectivity index is 1.37. The summed E-state index contributed by atoms with van der Waals surface area (Å²) in [7, 11) is -3.74. The molecule has 1 aliphatic rings. The number of piperidine rings is 1. The summed E-state index contributed by atoms with van der Waals surface area (Å²) in [6, 6.07) is 13.9. The average molecular weight is 398 g/mol. The number of primary sulfonamides is 1. The Labute approximate surface area is 163 Å². The van der Waals surface area contributed by atoms with E-state index in [1.165, 1.54) is 35.2 Å². The van der Waals surface area contributed by atoms with Gasteiger partial charge in [-0.3, -0.25) is 0 Å². The van der Waals surface area contributed by atoms with E-state index in [1.54, 1.807) is 4.90 Å². The minimum absolute atomic E-state index is 0.0186. The van der Waals surface area contributed by atoms with Crippen LogP contribution >= 0.6 is 0 Å². The summed E-state index contributed by atoms with van der Waals surface area (Å²) in [6.45, 7) is 1.34. The number of sulfonamides is 1. The van der Waals surface area contributed by atoms with Gasteiger partial charge in [0, 0.05) is 35.9 Å². The van der Waals surface area contributed by atoms with Gasteiger partial charge in [-0.15, -0.1) is 0 Å². The third-order valence-electron chi connectivity index (χ3n) is 5.28. The lowest BCUT2D eigenvalue weighted by molar-refractivity contribution is 0.195. The largest absolute Gasteiger partial charge is 0.361 e. The second-order valence-corrected chi connectivity index (χ2v) is 8.61. The molecule has 2 aromatic carbocycles. The second kappa shape index (κ2) is 7.29. The number of aromatic amines is 1. The van der Waals surface area contributed by atoms with Crippen molar-refractivity contribution in [3.05, 3.63) is 60.3 Å². The number of carbonyl (C=O) groups excluding carboxylic acids is 1. The summed E-state index contributed by atoms with van der Waals surface area (Å²) in [6.07, 6.45) is 3.89. The van der Waals surface area contributed by atoms with Gasteiger partial charge in [-0.2, -0.15) is 0 Å². The van der Waals surface area contributed by atoms with E-state index >= 15 is 0 Å². The summed E-state index contributed by atoms with van der Waals surface area (Å²) in [4.78, 5) is 17.7. The third-order valence-corrected chi connectivity index (χ3v) is 6.21. The van der Waals surface area contributed by atoms with E-state index in [4.69, 9.17) is 5.14 Å². The number of anilines is 1. The van der Waals surface area contributed by atoms with Crippen LogP contribution in [0.2, 0.25) is 0 Å². The van der Waals surface area contributed by atoms with E-state index in [9.17, 15) is 13.2 Å². The number of benzene rings is 2. The molecule has 0 saturated carbocycles. The van der Waals surface area contributed by atoms with E-state index in [0.717, 1.165) is 18.4 Å². The van der Waals surface area contributed by atoms with Crippen molar-refractivity contribution in [2.24, 2.45) is 5.14 Å². The highest BCUT2D eigenvalue weighted by Crippen LogP contribution is 2.33. The lowest BCUT2D eigenvalue weighted by atomic mass is 9.89. The number of urea groups is 1. The Bertz CT molecular complexity index is 1100. The fourth-order valence-corrected chi connectivity index (χ4v) is 4.27. The number of hydrogen-bond acceptors (Lipinski definition) is 3. The predicted octanol–water partition coefficient (Wildman–Crippen LogP) is 3.23. The zero-order chi connectivity index (χ0) is 19.7. The topological polar surface area (TPSA) is 108 Å². The van der Waals surface area contributed by atoms with Crippen molar-refractivity contribution in [3.63, 3.8) is 0 Å². The first-order valence-electron chi connectivity index (χ1n) is 9.16. The molecule has 2 heterocycles. The summed E-state index contributed by atoms with van der Waals surface area (Å²) >= 11 is 0. The average Bonchev–Trinajstić information content (AvgIpc) is 3.12. The van der Waals surface area contributed by atoms with Crippen molar-refractivity contribution in [3.8, 4) is 0 Å². The van der Waals surface area contributed by atoms with Gasteiger partial charge in [-0.05, 0) is 54.7 Å². The molecule has 1 aromatic heterocycles. The van der Waals surface area contributed by atoms with Crippen molar-refractivity contribution in [1.29, 1.82) is 0 Å². The summed E-state index contributed by atoms with van der Waals surface area (Å²) < 4.78 is 22.6. The molecule has 8 heteroatoms.